The van der Waals surface area contributed by atoms with E-state index in [0.29, 0.717) is 0 Å². The Morgan fingerprint density at radius 3 is 2.83 bits per heavy atom. The van der Waals surface area contributed by atoms with Crippen LogP contribution in [0.25, 0.3) is 0 Å². The number of nitriles is 1. The second-order valence-corrected chi connectivity index (χ2v) is 7.74. The van der Waals surface area contributed by atoms with Crippen LogP contribution in [0.4, 0.5) is 5.69 Å². The lowest BCUT2D eigenvalue weighted by molar-refractivity contribution is 0.0772. The largest absolute Gasteiger partial charge is 0.385 e. The minimum absolute atomic E-state index is 0.125. The summed E-state index contributed by atoms with van der Waals surface area (Å²) in [5.41, 5.74) is 1.45. The summed E-state index contributed by atoms with van der Waals surface area (Å²) in [7, 11) is 0. The first kappa shape index (κ1) is 17.7. The second-order valence-electron chi connectivity index (χ2n) is 6.51. The minimum Gasteiger partial charge on any atom is -0.385 e. The van der Waals surface area contributed by atoms with Crippen LogP contribution in [0.3, 0.4) is 0 Å². The summed E-state index contributed by atoms with van der Waals surface area (Å²) < 4.78 is 0. The third kappa shape index (κ3) is 5.47. The predicted octanol–water partition coefficient (Wildman–Crippen LogP) is 3.62. The first-order valence-electron chi connectivity index (χ1n) is 8.14. The summed E-state index contributed by atoms with van der Waals surface area (Å²) in [6, 6.07) is 10.0. The lowest BCUT2D eigenvalue weighted by atomic mass is 9.90. The van der Waals surface area contributed by atoms with Crippen LogP contribution in [-0.2, 0) is 0 Å². The van der Waals surface area contributed by atoms with E-state index in [1.807, 2.05) is 54.8 Å². The molecule has 5 heteroatoms. The van der Waals surface area contributed by atoms with Crippen molar-refractivity contribution < 1.29 is 4.79 Å². The molecular weight excluding hydrogens is 306 g/mol. The molecular formula is C18H25N3OS. The van der Waals surface area contributed by atoms with Gasteiger partial charge < -0.3 is 10.2 Å². The number of anilines is 1. The molecule has 124 valence electrons. The fourth-order valence-corrected chi connectivity index (χ4v) is 3.43. The summed E-state index contributed by atoms with van der Waals surface area (Å²) in [6.07, 6.45) is 1.79. The van der Waals surface area contributed by atoms with Crippen LogP contribution in [-0.4, -0.2) is 41.9 Å². The molecule has 1 saturated heterocycles. The van der Waals surface area contributed by atoms with Gasteiger partial charge in [-0.25, -0.2) is 0 Å². The number of thioether (sulfide) groups is 1. The SMILES string of the molecule is CC(C)(C#N)CCCNc1cccc(C(=O)N2CCSCC2)c1. The molecule has 1 N–H and O–H groups in total. The third-order valence-electron chi connectivity index (χ3n) is 4.02. The molecule has 0 atom stereocenters. The van der Waals surface area contributed by atoms with E-state index in [9.17, 15) is 4.79 Å². The van der Waals surface area contributed by atoms with Gasteiger partial charge in [0.05, 0.1) is 11.5 Å². The topological polar surface area (TPSA) is 56.1 Å². The molecule has 0 aliphatic carbocycles. The molecule has 1 heterocycles. The highest BCUT2D eigenvalue weighted by molar-refractivity contribution is 7.99. The number of carbonyl (C=O) groups is 1. The van der Waals surface area contributed by atoms with Crippen LogP contribution in [0.1, 0.15) is 37.0 Å². The van der Waals surface area contributed by atoms with Gasteiger partial charge in [-0.3, -0.25) is 4.79 Å². The van der Waals surface area contributed by atoms with Crippen molar-refractivity contribution in [2.75, 3.05) is 36.5 Å². The van der Waals surface area contributed by atoms with Gasteiger partial charge in [-0.15, -0.1) is 0 Å². The molecule has 2 rings (SSSR count). The van der Waals surface area contributed by atoms with E-state index in [2.05, 4.69) is 11.4 Å². The van der Waals surface area contributed by atoms with Gasteiger partial charge in [-0.1, -0.05) is 6.07 Å². The lowest BCUT2D eigenvalue weighted by Crippen LogP contribution is -2.37. The molecule has 0 bridgehead atoms. The average molecular weight is 331 g/mol. The van der Waals surface area contributed by atoms with Crippen molar-refractivity contribution in [2.24, 2.45) is 5.41 Å². The standard InChI is InChI=1S/C18H25N3OS/c1-18(2,14-19)7-4-8-20-16-6-3-5-15(13-16)17(22)21-9-11-23-12-10-21/h3,5-6,13,20H,4,7-12H2,1-2H3. The molecule has 0 radical (unpaired) electrons. The summed E-state index contributed by atoms with van der Waals surface area (Å²) >= 11 is 1.90. The molecule has 0 saturated carbocycles. The van der Waals surface area contributed by atoms with Crippen LogP contribution in [0, 0.1) is 16.7 Å². The van der Waals surface area contributed by atoms with Crippen molar-refractivity contribution >= 4 is 23.4 Å². The normalized spacial score (nSPS) is 15.1. The Balaban J connectivity index is 1.87. The Morgan fingerprint density at radius 1 is 1.39 bits per heavy atom. The molecule has 23 heavy (non-hydrogen) atoms. The van der Waals surface area contributed by atoms with Gasteiger partial charge in [0, 0.05) is 42.4 Å². The van der Waals surface area contributed by atoms with Crippen LogP contribution < -0.4 is 5.32 Å². The van der Waals surface area contributed by atoms with Crippen LogP contribution in [0.15, 0.2) is 24.3 Å². The van der Waals surface area contributed by atoms with Gasteiger partial charge in [0.25, 0.3) is 5.91 Å². The fourth-order valence-electron chi connectivity index (χ4n) is 2.53. The quantitative estimate of drug-likeness (QED) is 0.809. The number of rotatable bonds is 6. The number of nitrogens with zero attached hydrogens (tertiary/aromatic N) is 2. The highest BCUT2D eigenvalue weighted by Crippen LogP contribution is 2.21. The van der Waals surface area contributed by atoms with Gasteiger partial charge in [-0.2, -0.15) is 17.0 Å². The fraction of sp³-hybridized carbons (Fsp3) is 0.556. The number of nitrogens with one attached hydrogen (secondary N) is 1. The molecule has 0 unspecified atom stereocenters. The molecule has 1 fully saturated rings. The Morgan fingerprint density at radius 2 is 2.13 bits per heavy atom. The Hall–Kier alpha value is -1.67. The molecule has 4 nitrogen and oxygen atoms in total. The van der Waals surface area contributed by atoms with E-state index >= 15 is 0 Å². The molecule has 1 aromatic carbocycles. The molecule has 1 aliphatic rings. The Labute approximate surface area is 143 Å². The van der Waals surface area contributed by atoms with Crippen molar-refractivity contribution in [1.82, 2.24) is 4.90 Å². The van der Waals surface area contributed by atoms with E-state index in [0.717, 1.165) is 55.2 Å². The van der Waals surface area contributed by atoms with E-state index < -0.39 is 0 Å². The number of hydrogen-bond donors (Lipinski definition) is 1. The van der Waals surface area contributed by atoms with Crippen molar-refractivity contribution in [3.8, 4) is 6.07 Å². The van der Waals surface area contributed by atoms with Crippen molar-refractivity contribution in [1.29, 1.82) is 5.26 Å². The first-order valence-corrected chi connectivity index (χ1v) is 9.29. The van der Waals surface area contributed by atoms with Gasteiger partial charge in [-0.05, 0) is 44.9 Å². The molecule has 0 aromatic heterocycles. The third-order valence-corrected chi connectivity index (χ3v) is 4.96. The first-order chi connectivity index (χ1) is 11.0. The summed E-state index contributed by atoms with van der Waals surface area (Å²) in [6.45, 7) is 6.41. The van der Waals surface area contributed by atoms with Crippen LogP contribution >= 0.6 is 11.8 Å². The second kappa shape index (κ2) is 8.26. The van der Waals surface area contributed by atoms with Crippen molar-refractivity contribution in [3.05, 3.63) is 29.8 Å². The summed E-state index contributed by atoms with van der Waals surface area (Å²) in [5, 5.41) is 12.4. The smallest absolute Gasteiger partial charge is 0.253 e. The van der Waals surface area contributed by atoms with Crippen molar-refractivity contribution in [3.63, 3.8) is 0 Å². The van der Waals surface area contributed by atoms with E-state index in [4.69, 9.17) is 5.26 Å². The number of carbonyl (C=O) groups excluding carboxylic acids is 1. The number of amides is 1. The van der Waals surface area contributed by atoms with E-state index in [-0.39, 0.29) is 11.3 Å². The van der Waals surface area contributed by atoms with Crippen molar-refractivity contribution in [2.45, 2.75) is 26.7 Å². The number of hydrogen-bond acceptors (Lipinski definition) is 4. The lowest BCUT2D eigenvalue weighted by Gasteiger charge is -2.26. The molecule has 1 amide bonds. The maximum atomic E-state index is 12.5. The van der Waals surface area contributed by atoms with Crippen LogP contribution in [0.2, 0.25) is 0 Å². The maximum absolute atomic E-state index is 12.5. The zero-order valence-electron chi connectivity index (χ0n) is 14.0. The maximum Gasteiger partial charge on any atom is 0.253 e. The Kier molecular flexibility index (Phi) is 6.35. The highest BCUT2D eigenvalue weighted by Gasteiger charge is 2.18. The van der Waals surface area contributed by atoms with Gasteiger partial charge >= 0.3 is 0 Å². The van der Waals surface area contributed by atoms with Crippen LogP contribution in [0.5, 0.6) is 0 Å². The van der Waals surface area contributed by atoms with E-state index in [1.165, 1.54) is 0 Å². The Bertz CT molecular complexity index is 574. The van der Waals surface area contributed by atoms with Gasteiger partial charge in [0.1, 0.15) is 0 Å². The zero-order chi connectivity index (χ0) is 16.7. The van der Waals surface area contributed by atoms with E-state index in [1.54, 1.807) is 0 Å². The summed E-state index contributed by atoms with van der Waals surface area (Å²) in [5.74, 6) is 2.18. The van der Waals surface area contributed by atoms with Gasteiger partial charge in [0.15, 0.2) is 0 Å². The number of benzene rings is 1. The zero-order valence-corrected chi connectivity index (χ0v) is 14.8. The molecule has 1 aromatic rings. The molecule has 1 aliphatic heterocycles. The molecule has 0 spiro atoms. The summed E-state index contributed by atoms with van der Waals surface area (Å²) in [4.78, 5) is 14.4. The average Bonchev–Trinajstić information content (AvgIpc) is 2.59. The highest BCUT2D eigenvalue weighted by atomic mass is 32.2. The predicted molar refractivity (Wildman–Crippen MR) is 96.8 cm³/mol. The monoisotopic (exact) mass is 331 g/mol. The van der Waals surface area contributed by atoms with Gasteiger partial charge in [0.2, 0.25) is 0 Å². The minimum atomic E-state index is -0.272.